The molecule has 0 saturated carbocycles. The first-order valence-corrected chi connectivity index (χ1v) is 6.75. The third kappa shape index (κ3) is 4.04. The maximum Gasteiger partial charge on any atom is 0.140 e. The minimum atomic E-state index is -0.472. The van der Waals surface area contributed by atoms with Gasteiger partial charge in [-0.1, -0.05) is 18.2 Å². The number of hydrogen-bond donors (Lipinski definition) is 1. The molecule has 0 aromatic heterocycles. The lowest BCUT2D eigenvalue weighted by Crippen LogP contribution is -2.13. The highest BCUT2D eigenvalue weighted by molar-refractivity contribution is 5.46. The summed E-state index contributed by atoms with van der Waals surface area (Å²) >= 11 is 0. The monoisotopic (exact) mass is 283 g/mol. The van der Waals surface area contributed by atoms with Crippen LogP contribution in [0.4, 0.5) is 10.1 Å². The van der Waals surface area contributed by atoms with E-state index in [1.54, 1.807) is 12.1 Å². The molecule has 0 bridgehead atoms. The lowest BCUT2D eigenvalue weighted by molar-refractivity contribution is 0.621. The van der Waals surface area contributed by atoms with Gasteiger partial charge in [-0.2, -0.15) is 5.26 Å². The van der Waals surface area contributed by atoms with Crippen LogP contribution in [-0.2, 0) is 13.1 Å². The number of nitriles is 1. The van der Waals surface area contributed by atoms with Gasteiger partial charge in [0.05, 0.1) is 5.56 Å². The molecule has 0 fully saturated rings. The van der Waals surface area contributed by atoms with E-state index in [9.17, 15) is 4.39 Å². The first-order chi connectivity index (χ1) is 10.1. The van der Waals surface area contributed by atoms with Crippen molar-refractivity contribution in [2.24, 2.45) is 0 Å². The number of benzene rings is 2. The molecule has 0 aliphatic heterocycles. The summed E-state index contributed by atoms with van der Waals surface area (Å²) in [6, 6.07) is 14.8. The van der Waals surface area contributed by atoms with Gasteiger partial charge in [0.15, 0.2) is 0 Å². The average Bonchev–Trinajstić information content (AvgIpc) is 2.49. The molecule has 2 aromatic carbocycles. The first kappa shape index (κ1) is 15.0. The molecular weight excluding hydrogens is 265 g/mol. The van der Waals surface area contributed by atoms with Crippen LogP contribution in [0, 0.1) is 17.1 Å². The molecule has 0 unspecified atom stereocenters. The Morgan fingerprint density at radius 2 is 1.67 bits per heavy atom. The van der Waals surface area contributed by atoms with Crippen LogP contribution in [0.25, 0.3) is 0 Å². The van der Waals surface area contributed by atoms with Crippen LogP contribution < -0.4 is 10.2 Å². The van der Waals surface area contributed by atoms with Crippen molar-refractivity contribution in [1.29, 1.82) is 5.26 Å². The zero-order valence-corrected chi connectivity index (χ0v) is 12.2. The Kier molecular flexibility index (Phi) is 4.91. The van der Waals surface area contributed by atoms with Crippen LogP contribution in [0.2, 0.25) is 0 Å². The predicted octanol–water partition coefficient (Wildman–Crippen LogP) is 3.05. The van der Waals surface area contributed by atoms with E-state index in [0.29, 0.717) is 6.54 Å². The zero-order chi connectivity index (χ0) is 15.2. The summed E-state index contributed by atoms with van der Waals surface area (Å²) in [6.07, 6.45) is 0. The minimum absolute atomic E-state index is 0.0876. The fourth-order valence-electron chi connectivity index (χ4n) is 2.03. The largest absolute Gasteiger partial charge is 0.378 e. The van der Waals surface area contributed by atoms with E-state index in [1.807, 2.05) is 20.2 Å². The minimum Gasteiger partial charge on any atom is -0.378 e. The van der Waals surface area contributed by atoms with Gasteiger partial charge in [0, 0.05) is 32.9 Å². The number of halogens is 1. The normalized spacial score (nSPS) is 10.2. The van der Waals surface area contributed by atoms with Crippen molar-refractivity contribution in [1.82, 2.24) is 5.32 Å². The number of nitrogens with one attached hydrogen (secondary N) is 1. The van der Waals surface area contributed by atoms with Crippen molar-refractivity contribution in [3.63, 3.8) is 0 Å². The quantitative estimate of drug-likeness (QED) is 0.916. The van der Waals surface area contributed by atoms with Crippen molar-refractivity contribution in [3.05, 3.63) is 65.0 Å². The molecule has 2 rings (SSSR count). The molecule has 4 heteroatoms. The van der Waals surface area contributed by atoms with Gasteiger partial charge in [0.25, 0.3) is 0 Å². The van der Waals surface area contributed by atoms with E-state index >= 15 is 0 Å². The number of anilines is 1. The second-order valence-electron chi connectivity index (χ2n) is 5.09. The van der Waals surface area contributed by atoms with Gasteiger partial charge < -0.3 is 10.2 Å². The molecule has 0 amide bonds. The van der Waals surface area contributed by atoms with Gasteiger partial charge in [-0.05, 0) is 35.4 Å². The fourth-order valence-corrected chi connectivity index (χ4v) is 2.03. The standard InChI is InChI=1S/C17H18FN3/c1-21(2)16-6-3-13(4-7-16)11-20-12-14-5-8-17(18)15(9-14)10-19/h3-9,20H,11-12H2,1-2H3. The molecule has 0 atom stereocenters. The molecule has 0 heterocycles. The Labute approximate surface area is 124 Å². The van der Waals surface area contributed by atoms with Crippen LogP contribution in [0.15, 0.2) is 42.5 Å². The maximum absolute atomic E-state index is 13.2. The highest BCUT2D eigenvalue weighted by atomic mass is 19.1. The zero-order valence-electron chi connectivity index (χ0n) is 12.2. The van der Waals surface area contributed by atoms with Gasteiger partial charge >= 0.3 is 0 Å². The smallest absolute Gasteiger partial charge is 0.140 e. The molecule has 21 heavy (non-hydrogen) atoms. The number of nitrogens with zero attached hydrogens (tertiary/aromatic N) is 2. The van der Waals surface area contributed by atoms with Crippen molar-refractivity contribution in [2.45, 2.75) is 13.1 Å². The lowest BCUT2D eigenvalue weighted by Gasteiger charge is -2.13. The van der Waals surface area contributed by atoms with E-state index in [4.69, 9.17) is 5.26 Å². The van der Waals surface area contributed by atoms with Crippen molar-refractivity contribution in [2.75, 3.05) is 19.0 Å². The third-order valence-electron chi connectivity index (χ3n) is 3.26. The fraction of sp³-hybridized carbons (Fsp3) is 0.235. The van der Waals surface area contributed by atoms with Gasteiger partial charge in [0.1, 0.15) is 11.9 Å². The number of hydrogen-bond acceptors (Lipinski definition) is 3. The summed E-state index contributed by atoms with van der Waals surface area (Å²) in [5.74, 6) is -0.472. The molecule has 0 aliphatic carbocycles. The van der Waals surface area contributed by atoms with Crippen LogP contribution in [0.5, 0.6) is 0 Å². The summed E-state index contributed by atoms with van der Waals surface area (Å²) in [5, 5.41) is 12.1. The summed E-state index contributed by atoms with van der Waals surface area (Å²) in [4.78, 5) is 2.05. The lowest BCUT2D eigenvalue weighted by atomic mass is 10.1. The first-order valence-electron chi connectivity index (χ1n) is 6.75. The SMILES string of the molecule is CN(C)c1ccc(CNCc2ccc(F)c(C#N)c2)cc1. The highest BCUT2D eigenvalue weighted by Crippen LogP contribution is 2.13. The highest BCUT2D eigenvalue weighted by Gasteiger charge is 2.02. The Morgan fingerprint density at radius 1 is 1.05 bits per heavy atom. The molecule has 3 nitrogen and oxygen atoms in total. The summed E-state index contributed by atoms with van der Waals surface area (Å²) < 4.78 is 13.2. The van der Waals surface area contributed by atoms with Gasteiger partial charge in [-0.25, -0.2) is 4.39 Å². The average molecular weight is 283 g/mol. The second kappa shape index (κ2) is 6.87. The molecule has 0 aliphatic rings. The summed E-state index contributed by atoms with van der Waals surface area (Å²) in [6.45, 7) is 1.33. The van der Waals surface area contributed by atoms with E-state index in [-0.39, 0.29) is 5.56 Å². The second-order valence-corrected chi connectivity index (χ2v) is 5.09. The topological polar surface area (TPSA) is 39.1 Å². The molecule has 0 spiro atoms. The van der Waals surface area contributed by atoms with E-state index in [0.717, 1.165) is 17.8 Å². The Balaban J connectivity index is 1.91. The number of rotatable bonds is 5. The Morgan fingerprint density at radius 3 is 2.29 bits per heavy atom. The van der Waals surface area contributed by atoms with Gasteiger partial charge in [-0.3, -0.25) is 0 Å². The molecule has 2 aromatic rings. The summed E-state index contributed by atoms with van der Waals surface area (Å²) in [5.41, 5.74) is 3.33. The predicted molar refractivity (Wildman–Crippen MR) is 82.4 cm³/mol. The molecule has 108 valence electrons. The van der Waals surface area contributed by atoms with Crippen LogP contribution in [0.3, 0.4) is 0 Å². The van der Waals surface area contributed by atoms with Crippen LogP contribution >= 0.6 is 0 Å². The van der Waals surface area contributed by atoms with Crippen molar-refractivity contribution >= 4 is 5.69 Å². The van der Waals surface area contributed by atoms with Gasteiger partial charge in [-0.15, -0.1) is 0 Å². The van der Waals surface area contributed by atoms with Crippen molar-refractivity contribution < 1.29 is 4.39 Å². The Hall–Kier alpha value is -2.38. The van der Waals surface area contributed by atoms with Crippen molar-refractivity contribution in [3.8, 4) is 6.07 Å². The summed E-state index contributed by atoms with van der Waals surface area (Å²) in [7, 11) is 4.02. The molecule has 1 N–H and O–H groups in total. The van der Waals surface area contributed by atoms with Crippen LogP contribution in [0.1, 0.15) is 16.7 Å². The van der Waals surface area contributed by atoms with E-state index in [1.165, 1.54) is 11.6 Å². The third-order valence-corrected chi connectivity index (χ3v) is 3.26. The molecule has 0 saturated heterocycles. The van der Waals surface area contributed by atoms with Gasteiger partial charge in [0.2, 0.25) is 0 Å². The Bertz CT molecular complexity index is 642. The maximum atomic E-state index is 13.2. The van der Waals surface area contributed by atoms with E-state index in [2.05, 4.69) is 34.5 Å². The van der Waals surface area contributed by atoms with Crippen LogP contribution in [-0.4, -0.2) is 14.1 Å². The molecule has 0 radical (unpaired) electrons. The molecular formula is C17H18FN3. The van der Waals surface area contributed by atoms with E-state index < -0.39 is 5.82 Å².